The van der Waals surface area contributed by atoms with Gasteiger partial charge in [0.1, 0.15) is 5.69 Å². The number of nitrogens with zero attached hydrogens (tertiary/aromatic N) is 3. The lowest BCUT2D eigenvalue weighted by Gasteiger charge is -2.33. The molecule has 0 radical (unpaired) electrons. The summed E-state index contributed by atoms with van der Waals surface area (Å²) in [6.07, 6.45) is 1.04. The largest absolute Gasteiger partial charge is 0.395 e. The number of aromatic nitrogens is 1. The number of benzene rings is 1. The number of aliphatic hydroxyl groups is 1. The standard InChI is InChI=1S/C19H24N4O3S/c24-13-12-22-8-10-23(11-9-22)18(26)16-14-27-19(20-16)21-17(25)7-6-15-4-2-1-3-5-15/h1-5,14,24H,6-13H2,(H,20,21,25). The van der Waals surface area contributed by atoms with Crippen molar-refractivity contribution in [3.05, 3.63) is 47.0 Å². The van der Waals surface area contributed by atoms with Crippen molar-refractivity contribution in [1.29, 1.82) is 0 Å². The zero-order chi connectivity index (χ0) is 19.1. The van der Waals surface area contributed by atoms with E-state index in [1.54, 1.807) is 10.3 Å². The fraction of sp³-hybridized carbons (Fsp3) is 0.421. The molecule has 1 saturated heterocycles. The summed E-state index contributed by atoms with van der Waals surface area (Å²) in [6, 6.07) is 9.84. The number of aliphatic hydroxyl groups excluding tert-OH is 1. The summed E-state index contributed by atoms with van der Waals surface area (Å²) in [5.74, 6) is -0.218. The molecule has 2 amide bonds. The smallest absolute Gasteiger partial charge is 0.273 e. The van der Waals surface area contributed by atoms with Gasteiger partial charge in [0.15, 0.2) is 5.13 Å². The van der Waals surface area contributed by atoms with E-state index in [0.717, 1.165) is 18.7 Å². The number of carbonyl (C=O) groups excluding carboxylic acids is 2. The number of hydrogen-bond acceptors (Lipinski definition) is 6. The monoisotopic (exact) mass is 388 g/mol. The van der Waals surface area contributed by atoms with Crippen LogP contribution in [0.15, 0.2) is 35.7 Å². The maximum absolute atomic E-state index is 12.6. The second-order valence-electron chi connectivity index (χ2n) is 6.43. The average molecular weight is 388 g/mol. The highest BCUT2D eigenvalue weighted by Crippen LogP contribution is 2.18. The van der Waals surface area contributed by atoms with Crippen molar-refractivity contribution in [3.8, 4) is 0 Å². The minimum atomic E-state index is -0.111. The molecule has 0 atom stereocenters. The first-order valence-corrected chi connectivity index (χ1v) is 9.95. The van der Waals surface area contributed by atoms with E-state index < -0.39 is 0 Å². The highest BCUT2D eigenvalue weighted by molar-refractivity contribution is 7.14. The van der Waals surface area contributed by atoms with Crippen molar-refractivity contribution in [2.24, 2.45) is 0 Å². The Morgan fingerprint density at radius 2 is 1.89 bits per heavy atom. The molecule has 8 heteroatoms. The number of carbonyl (C=O) groups is 2. The van der Waals surface area contributed by atoms with Crippen LogP contribution in [0.3, 0.4) is 0 Å². The molecule has 1 aliphatic heterocycles. The number of anilines is 1. The van der Waals surface area contributed by atoms with Crippen LogP contribution in [0, 0.1) is 0 Å². The first-order chi connectivity index (χ1) is 13.2. The summed E-state index contributed by atoms with van der Waals surface area (Å²) >= 11 is 1.27. The zero-order valence-corrected chi connectivity index (χ0v) is 16.0. The van der Waals surface area contributed by atoms with Crippen LogP contribution in [-0.2, 0) is 11.2 Å². The van der Waals surface area contributed by atoms with Crippen molar-refractivity contribution < 1.29 is 14.7 Å². The van der Waals surface area contributed by atoms with Crippen LogP contribution in [-0.4, -0.2) is 71.0 Å². The summed E-state index contributed by atoms with van der Waals surface area (Å²) in [5, 5.41) is 13.9. The van der Waals surface area contributed by atoms with Gasteiger partial charge >= 0.3 is 0 Å². The highest BCUT2D eigenvalue weighted by Gasteiger charge is 2.23. The van der Waals surface area contributed by atoms with E-state index in [9.17, 15) is 9.59 Å². The van der Waals surface area contributed by atoms with Crippen molar-refractivity contribution in [2.75, 3.05) is 44.6 Å². The van der Waals surface area contributed by atoms with Gasteiger partial charge in [0.25, 0.3) is 5.91 Å². The van der Waals surface area contributed by atoms with Gasteiger partial charge in [0.2, 0.25) is 5.91 Å². The van der Waals surface area contributed by atoms with Gasteiger partial charge in [-0.1, -0.05) is 30.3 Å². The van der Waals surface area contributed by atoms with E-state index >= 15 is 0 Å². The SMILES string of the molecule is O=C(CCc1ccccc1)Nc1nc(C(=O)N2CCN(CCO)CC2)cs1. The van der Waals surface area contributed by atoms with Crippen molar-refractivity contribution in [2.45, 2.75) is 12.8 Å². The van der Waals surface area contributed by atoms with Gasteiger partial charge in [0, 0.05) is 44.5 Å². The number of piperazine rings is 1. The molecule has 2 N–H and O–H groups in total. The molecule has 3 rings (SSSR count). The quantitative estimate of drug-likeness (QED) is 0.750. The van der Waals surface area contributed by atoms with E-state index in [1.807, 2.05) is 30.3 Å². The number of aryl methyl sites for hydroxylation is 1. The Hall–Kier alpha value is -2.29. The van der Waals surface area contributed by atoms with Gasteiger partial charge in [-0.3, -0.25) is 14.5 Å². The van der Waals surface area contributed by atoms with E-state index in [4.69, 9.17) is 5.11 Å². The van der Waals surface area contributed by atoms with Gasteiger partial charge in [-0.2, -0.15) is 0 Å². The topological polar surface area (TPSA) is 85.8 Å². The van der Waals surface area contributed by atoms with E-state index in [0.29, 0.717) is 43.3 Å². The Labute approximate surface area is 162 Å². The molecule has 2 heterocycles. The number of amides is 2. The minimum Gasteiger partial charge on any atom is -0.395 e. The third kappa shape index (κ3) is 5.59. The molecule has 0 bridgehead atoms. The molecular weight excluding hydrogens is 364 g/mol. The minimum absolute atomic E-state index is 0.107. The molecular formula is C19H24N4O3S. The normalized spacial score (nSPS) is 14.9. The number of β-amino-alcohol motifs (C(OH)–C–C–N with tert-alkyl or cyclic N) is 1. The number of thiazole rings is 1. The number of rotatable bonds is 7. The molecule has 0 saturated carbocycles. The van der Waals surface area contributed by atoms with Gasteiger partial charge in [-0.25, -0.2) is 4.98 Å². The van der Waals surface area contributed by atoms with Crippen LogP contribution in [0.1, 0.15) is 22.5 Å². The molecule has 7 nitrogen and oxygen atoms in total. The Balaban J connectivity index is 1.47. The van der Waals surface area contributed by atoms with E-state index in [-0.39, 0.29) is 18.4 Å². The number of hydrogen-bond donors (Lipinski definition) is 2. The van der Waals surface area contributed by atoms with Crippen LogP contribution >= 0.6 is 11.3 Å². The second-order valence-corrected chi connectivity index (χ2v) is 7.29. The van der Waals surface area contributed by atoms with E-state index in [2.05, 4.69) is 15.2 Å². The Morgan fingerprint density at radius 3 is 2.59 bits per heavy atom. The third-order valence-corrected chi connectivity index (χ3v) is 5.29. The second kappa shape index (κ2) is 9.59. The van der Waals surface area contributed by atoms with Crippen LogP contribution in [0.5, 0.6) is 0 Å². The molecule has 1 fully saturated rings. The van der Waals surface area contributed by atoms with Gasteiger partial charge in [0.05, 0.1) is 6.61 Å². The Morgan fingerprint density at radius 1 is 1.15 bits per heavy atom. The third-order valence-electron chi connectivity index (χ3n) is 4.53. The molecule has 1 aromatic carbocycles. The molecule has 0 spiro atoms. The van der Waals surface area contributed by atoms with Crippen LogP contribution < -0.4 is 5.32 Å². The lowest BCUT2D eigenvalue weighted by Crippen LogP contribution is -2.49. The number of nitrogens with one attached hydrogen (secondary N) is 1. The average Bonchev–Trinajstić information content (AvgIpc) is 3.16. The highest BCUT2D eigenvalue weighted by atomic mass is 32.1. The Bertz CT molecular complexity index is 757. The predicted octanol–water partition coefficient (Wildman–Crippen LogP) is 1.46. The lowest BCUT2D eigenvalue weighted by molar-refractivity contribution is -0.116. The maximum atomic E-state index is 12.6. The summed E-state index contributed by atoms with van der Waals surface area (Å²) < 4.78 is 0. The van der Waals surface area contributed by atoms with Gasteiger partial charge < -0.3 is 15.3 Å². The fourth-order valence-electron chi connectivity index (χ4n) is 2.99. The van der Waals surface area contributed by atoms with Crippen molar-refractivity contribution in [3.63, 3.8) is 0 Å². The summed E-state index contributed by atoms with van der Waals surface area (Å²) in [4.78, 5) is 32.8. The molecule has 2 aromatic rings. The summed E-state index contributed by atoms with van der Waals surface area (Å²) in [7, 11) is 0. The first-order valence-electron chi connectivity index (χ1n) is 9.07. The van der Waals surface area contributed by atoms with Crippen LogP contribution in [0.25, 0.3) is 0 Å². The summed E-state index contributed by atoms with van der Waals surface area (Å²) in [5.41, 5.74) is 1.48. The molecule has 0 aliphatic carbocycles. The molecule has 1 aromatic heterocycles. The van der Waals surface area contributed by atoms with Gasteiger partial charge in [-0.05, 0) is 12.0 Å². The van der Waals surface area contributed by atoms with E-state index in [1.165, 1.54) is 11.3 Å². The molecule has 1 aliphatic rings. The Kier molecular flexibility index (Phi) is 6.92. The maximum Gasteiger partial charge on any atom is 0.273 e. The fourth-order valence-corrected chi connectivity index (χ4v) is 3.69. The predicted molar refractivity (Wildman–Crippen MR) is 105 cm³/mol. The molecule has 0 unspecified atom stereocenters. The summed E-state index contributed by atoms with van der Waals surface area (Å²) in [6.45, 7) is 3.51. The first kappa shape index (κ1) is 19.5. The van der Waals surface area contributed by atoms with Gasteiger partial charge in [-0.15, -0.1) is 11.3 Å². The molecule has 144 valence electrons. The van der Waals surface area contributed by atoms with Crippen LogP contribution in [0.4, 0.5) is 5.13 Å². The van der Waals surface area contributed by atoms with Crippen molar-refractivity contribution in [1.82, 2.24) is 14.8 Å². The zero-order valence-electron chi connectivity index (χ0n) is 15.1. The molecule has 27 heavy (non-hydrogen) atoms. The van der Waals surface area contributed by atoms with Crippen molar-refractivity contribution >= 4 is 28.3 Å². The lowest BCUT2D eigenvalue weighted by atomic mass is 10.1. The van der Waals surface area contributed by atoms with Crippen LogP contribution in [0.2, 0.25) is 0 Å².